The van der Waals surface area contributed by atoms with E-state index in [9.17, 15) is 9.18 Å². The first kappa shape index (κ1) is 18.4. The summed E-state index contributed by atoms with van der Waals surface area (Å²) in [5.74, 6) is -0.862. The van der Waals surface area contributed by atoms with Crippen LogP contribution in [0.15, 0.2) is 60.7 Å². The largest absolute Gasteiger partial charge is 0.322 e. The Morgan fingerprint density at radius 1 is 1.00 bits per heavy atom. The van der Waals surface area contributed by atoms with E-state index in [2.05, 4.69) is 34.9 Å². The number of carbonyl (C=O) groups excluding carboxylic acids is 1. The molecule has 2 N–H and O–H groups in total. The van der Waals surface area contributed by atoms with Gasteiger partial charge in [-0.15, -0.1) is 0 Å². The summed E-state index contributed by atoms with van der Waals surface area (Å²) in [6.07, 6.45) is 0. The molecule has 0 saturated heterocycles. The summed E-state index contributed by atoms with van der Waals surface area (Å²) in [4.78, 5) is 12.4. The maximum Gasteiger partial charge on any atom is 0.241 e. The first-order valence-electron chi connectivity index (χ1n) is 8.44. The Kier molecular flexibility index (Phi) is 5.55. The van der Waals surface area contributed by atoms with Crippen LogP contribution < -0.4 is 10.6 Å². The SMILES string of the molecule is C[C@H](N[C@H](C)c1ccc2ccccc2c1)C(=O)Nc1ccc(Cl)cc1F. The molecule has 2 atom stereocenters. The van der Waals surface area contributed by atoms with E-state index < -0.39 is 11.9 Å². The van der Waals surface area contributed by atoms with Crippen LogP contribution in [0.2, 0.25) is 5.02 Å². The van der Waals surface area contributed by atoms with Crippen molar-refractivity contribution in [1.82, 2.24) is 5.32 Å². The van der Waals surface area contributed by atoms with Crippen molar-refractivity contribution < 1.29 is 9.18 Å². The van der Waals surface area contributed by atoms with Crippen molar-refractivity contribution in [2.24, 2.45) is 0 Å². The zero-order valence-corrected chi connectivity index (χ0v) is 15.3. The van der Waals surface area contributed by atoms with Crippen LogP contribution in [-0.4, -0.2) is 11.9 Å². The summed E-state index contributed by atoms with van der Waals surface area (Å²) < 4.78 is 13.8. The molecule has 0 unspecified atom stereocenters. The van der Waals surface area contributed by atoms with Gasteiger partial charge >= 0.3 is 0 Å². The highest BCUT2D eigenvalue weighted by Crippen LogP contribution is 2.21. The van der Waals surface area contributed by atoms with Crippen LogP contribution in [0, 0.1) is 5.82 Å². The van der Waals surface area contributed by atoms with Gasteiger partial charge in [0.05, 0.1) is 11.7 Å². The van der Waals surface area contributed by atoms with Gasteiger partial charge in [0.2, 0.25) is 5.91 Å². The van der Waals surface area contributed by atoms with Crippen LogP contribution in [0.4, 0.5) is 10.1 Å². The highest BCUT2D eigenvalue weighted by Gasteiger charge is 2.18. The Morgan fingerprint density at radius 3 is 2.46 bits per heavy atom. The summed E-state index contributed by atoms with van der Waals surface area (Å²) in [6, 6.07) is 18.0. The van der Waals surface area contributed by atoms with E-state index in [0.717, 1.165) is 10.9 Å². The minimum atomic E-state index is -0.555. The maximum atomic E-state index is 13.8. The Balaban J connectivity index is 1.67. The summed E-state index contributed by atoms with van der Waals surface area (Å²) in [7, 11) is 0. The second-order valence-electron chi connectivity index (χ2n) is 6.33. The number of rotatable bonds is 5. The Labute approximate surface area is 157 Å². The molecule has 3 aromatic rings. The molecule has 0 saturated carbocycles. The summed E-state index contributed by atoms with van der Waals surface area (Å²) >= 11 is 5.73. The van der Waals surface area contributed by atoms with E-state index in [4.69, 9.17) is 11.6 Å². The zero-order chi connectivity index (χ0) is 18.7. The minimum absolute atomic E-state index is 0.0320. The monoisotopic (exact) mass is 370 g/mol. The predicted octanol–water partition coefficient (Wildman–Crippen LogP) is 5.31. The van der Waals surface area contributed by atoms with Crippen molar-refractivity contribution in [2.45, 2.75) is 25.9 Å². The van der Waals surface area contributed by atoms with E-state index in [0.29, 0.717) is 0 Å². The average molecular weight is 371 g/mol. The summed E-state index contributed by atoms with van der Waals surface area (Å²) in [6.45, 7) is 3.75. The molecule has 0 spiro atoms. The second-order valence-corrected chi connectivity index (χ2v) is 6.77. The number of anilines is 1. The molecule has 1 amide bonds. The van der Waals surface area contributed by atoms with Crippen LogP contribution in [-0.2, 0) is 4.79 Å². The molecule has 3 aromatic carbocycles. The van der Waals surface area contributed by atoms with Crippen LogP contribution in [0.25, 0.3) is 10.8 Å². The molecule has 0 heterocycles. The normalized spacial score (nSPS) is 13.4. The predicted molar refractivity (Wildman–Crippen MR) is 105 cm³/mol. The van der Waals surface area contributed by atoms with E-state index >= 15 is 0 Å². The van der Waals surface area contributed by atoms with Crippen LogP contribution >= 0.6 is 11.6 Å². The zero-order valence-electron chi connectivity index (χ0n) is 14.6. The topological polar surface area (TPSA) is 41.1 Å². The maximum absolute atomic E-state index is 13.8. The number of hydrogen-bond donors (Lipinski definition) is 2. The molecule has 0 bridgehead atoms. The fraction of sp³-hybridized carbons (Fsp3) is 0.190. The number of fused-ring (bicyclic) bond motifs is 1. The molecule has 0 radical (unpaired) electrons. The van der Waals surface area contributed by atoms with Gasteiger partial charge in [-0.05, 0) is 54.4 Å². The van der Waals surface area contributed by atoms with Crippen LogP contribution in [0.1, 0.15) is 25.5 Å². The highest BCUT2D eigenvalue weighted by atomic mass is 35.5. The van der Waals surface area contributed by atoms with Crippen LogP contribution in [0.3, 0.4) is 0 Å². The van der Waals surface area contributed by atoms with Gasteiger partial charge in [-0.1, -0.05) is 48.0 Å². The van der Waals surface area contributed by atoms with Gasteiger partial charge in [-0.2, -0.15) is 0 Å². The molecule has 0 aliphatic rings. The van der Waals surface area contributed by atoms with Crippen molar-refractivity contribution in [3.8, 4) is 0 Å². The van der Waals surface area contributed by atoms with E-state index in [1.54, 1.807) is 6.92 Å². The molecule has 134 valence electrons. The molecule has 0 fully saturated rings. The van der Waals surface area contributed by atoms with Gasteiger partial charge < -0.3 is 5.32 Å². The molecule has 0 aromatic heterocycles. The van der Waals surface area contributed by atoms with E-state index in [1.165, 1.54) is 23.6 Å². The van der Waals surface area contributed by atoms with Gasteiger partial charge in [-0.25, -0.2) is 4.39 Å². The molecule has 26 heavy (non-hydrogen) atoms. The first-order valence-corrected chi connectivity index (χ1v) is 8.82. The first-order chi connectivity index (χ1) is 12.4. The molecular weight excluding hydrogens is 351 g/mol. The fourth-order valence-corrected chi connectivity index (χ4v) is 3.01. The third kappa shape index (κ3) is 4.21. The summed E-state index contributed by atoms with van der Waals surface area (Å²) in [5.41, 5.74) is 1.20. The number of halogens is 2. The second kappa shape index (κ2) is 7.85. The molecule has 0 aliphatic carbocycles. The van der Waals surface area contributed by atoms with E-state index in [-0.39, 0.29) is 22.7 Å². The van der Waals surface area contributed by atoms with Crippen molar-refractivity contribution in [1.29, 1.82) is 0 Å². The van der Waals surface area contributed by atoms with Crippen LogP contribution in [0.5, 0.6) is 0 Å². The van der Waals surface area contributed by atoms with Gasteiger partial charge in [0, 0.05) is 11.1 Å². The number of benzene rings is 3. The Hall–Kier alpha value is -2.43. The van der Waals surface area contributed by atoms with Crippen molar-refractivity contribution in [3.63, 3.8) is 0 Å². The number of carbonyl (C=O) groups is 1. The fourth-order valence-electron chi connectivity index (χ4n) is 2.86. The smallest absolute Gasteiger partial charge is 0.241 e. The average Bonchev–Trinajstić information content (AvgIpc) is 2.63. The standard InChI is InChI=1S/C21H20ClFN2O/c1-13(16-8-7-15-5-3-4-6-17(15)11-16)24-14(2)21(26)25-20-10-9-18(22)12-19(20)23/h3-14,24H,1-2H3,(H,25,26)/t13-,14+/m1/s1. The lowest BCUT2D eigenvalue weighted by Crippen LogP contribution is -2.39. The van der Waals surface area contributed by atoms with Crippen molar-refractivity contribution in [2.75, 3.05) is 5.32 Å². The van der Waals surface area contributed by atoms with E-state index in [1.807, 2.05) is 25.1 Å². The van der Waals surface area contributed by atoms with Crippen molar-refractivity contribution >= 4 is 34.0 Å². The molecular formula is C21H20ClFN2O. The number of amides is 1. The van der Waals surface area contributed by atoms with Gasteiger partial charge in [0.25, 0.3) is 0 Å². The lowest BCUT2D eigenvalue weighted by Gasteiger charge is -2.20. The number of hydrogen-bond acceptors (Lipinski definition) is 2. The quantitative estimate of drug-likeness (QED) is 0.639. The van der Waals surface area contributed by atoms with Crippen molar-refractivity contribution in [3.05, 3.63) is 77.1 Å². The Morgan fingerprint density at radius 2 is 1.73 bits per heavy atom. The van der Waals surface area contributed by atoms with Gasteiger partial charge in [0.15, 0.2) is 0 Å². The van der Waals surface area contributed by atoms with Gasteiger partial charge in [0.1, 0.15) is 5.82 Å². The highest BCUT2D eigenvalue weighted by molar-refractivity contribution is 6.30. The number of nitrogens with one attached hydrogen (secondary N) is 2. The molecule has 0 aliphatic heterocycles. The third-order valence-corrected chi connectivity index (χ3v) is 4.59. The molecule has 3 rings (SSSR count). The third-order valence-electron chi connectivity index (χ3n) is 4.36. The summed E-state index contributed by atoms with van der Waals surface area (Å²) in [5, 5.41) is 8.45. The molecule has 3 nitrogen and oxygen atoms in total. The lowest BCUT2D eigenvalue weighted by atomic mass is 10.0. The van der Waals surface area contributed by atoms with Gasteiger partial charge in [-0.3, -0.25) is 10.1 Å². The Bertz CT molecular complexity index is 944. The molecule has 5 heteroatoms. The minimum Gasteiger partial charge on any atom is -0.322 e. The lowest BCUT2D eigenvalue weighted by molar-refractivity contribution is -0.118.